The SMILES string of the molecule is C=CC(C)N1C(=O)C(C)SC1=NN. The molecule has 1 rings (SSSR count). The predicted molar refractivity (Wildman–Crippen MR) is 55.2 cm³/mol. The van der Waals surface area contributed by atoms with Crippen molar-refractivity contribution in [2.75, 3.05) is 0 Å². The first kappa shape index (κ1) is 10.1. The van der Waals surface area contributed by atoms with Crippen molar-refractivity contribution in [3.8, 4) is 0 Å². The number of carbonyl (C=O) groups excluding carboxylic acids is 1. The number of hydrogen-bond acceptors (Lipinski definition) is 4. The quantitative estimate of drug-likeness (QED) is 0.405. The van der Waals surface area contributed by atoms with Gasteiger partial charge in [-0.2, -0.15) is 5.10 Å². The number of amides is 1. The lowest BCUT2D eigenvalue weighted by Gasteiger charge is -2.20. The van der Waals surface area contributed by atoms with Gasteiger partial charge < -0.3 is 5.84 Å². The normalized spacial score (nSPS) is 28.2. The number of hydrazone groups is 1. The van der Waals surface area contributed by atoms with Crippen LogP contribution >= 0.6 is 11.8 Å². The van der Waals surface area contributed by atoms with Crippen molar-refractivity contribution in [1.29, 1.82) is 0 Å². The molecule has 1 aliphatic heterocycles. The summed E-state index contributed by atoms with van der Waals surface area (Å²) >= 11 is 1.38. The largest absolute Gasteiger partial charge is 0.321 e. The van der Waals surface area contributed by atoms with Crippen molar-refractivity contribution in [1.82, 2.24) is 4.90 Å². The van der Waals surface area contributed by atoms with Gasteiger partial charge in [-0.1, -0.05) is 17.8 Å². The first-order valence-corrected chi connectivity index (χ1v) is 4.90. The highest BCUT2D eigenvalue weighted by molar-refractivity contribution is 8.15. The first-order chi connectivity index (χ1) is 6.11. The molecule has 5 heteroatoms. The number of rotatable bonds is 2. The Labute approximate surface area is 81.8 Å². The Bertz CT molecular complexity index is 264. The van der Waals surface area contributed by atoms with E-state index < -0.39 is 0 Å². The highest BCUT2D eigenvalue weighted by Crippen LogP contribution is 2.28. The standard InChI is InChI=1S/C8H13N3OS/c1-4-5(2)11-7(12)6(3)13-8(11)10-9/h4-6H,1,9H2,2-3H3. The molecular weight excluding hydrogens is 186 g/mol. The third kappa shape index (κ3) is 1.70. The first-order valence-electron chi connectivity index (χ1n) is 4.02. The molecule has 1 heterocycles. The maximum atomic E-state index is 11.6. The van der Waals surface area contributed by atoms with Gasteiger partial charge in [0.05, 0.1) is 11.3 Å². The van der Waals surface area contributed by atoms with E-state index in [4.69, 9.17) is 5.84 Å². The predicted octanol–water partition coefficient (Wildman–Crippen LogP) is 0.754. The van der Waals surface area contributed by atoms with Crippen LogP contribution in [0, 0.1) is 0 Å². The summed E-state index contributed by atoms with van der Waals surface area (Å²) in [7, 11) is 0. The van der Waals surface area contributed by atoms with Crippen molar-refractivity contribution < 1.29 is 4.79 Å². The Morgan fingerprint density at radius 3 is 2.92 bits per heavy atom. The Kier molecular flexibility index (Phi) is 2.98. The Morgan fingerprint density at radius 1 is 1.85 bits per heavy atom. The fraction of sp³-hybridized carbons (Fsp3) is 0.500. The zero-order valence-electron chi connectivity index (χ0n) is 7.73. The van der Waals surface area contributed by atoms with Crippen molar-refractivity contribution >= 4 is 22.8 Å². The zero-order valence-corrected chi connectivity index (χ0v) is 8.54. The number of amidine groups is 1. The molecule has 1 saturated heterocycles. The molecule has 2 unspecified atom stereocenters. The molecule has 0 aromatic carbocycles. The van der Waals surface area contributed by atoms with Gasteiger partial charge in [0.15, 0.2) is 5.17 Å². The van der Waals surface area contributed by atoms with Crippen LogP contribution in [-0.2, 0) is 4.79 Å². The topological polar surface area (TPSA) is 58.7 Å². The van der Waals surface area contributed by atoms with Gasteiger partial charge in [0, 0.05) is 0 Å². The molecule has 0 bridgehead atoms. The minimum atomic E-state index is -0.0929. The lowest BCUT2D eigenvalue weighted by atomic mass is 10.3. The van der Waals surface area contributed by atoms with Gasteiger partial charge in [-0.05, 0) is 13.8 Å². The molecule has 13 heavy (non-hydrogen) atoms. The van der Waals surface area contributed by atoms with Crippen LogP contribution in [0.4, 0.5) is 0 Å². The van der Waals surface area contributed by atoms with Gasteiger partial charge in [0.1, 0.15) is 0 Å². The molecule has 2 atom stereocenters. The highest BCUT2D eigenvalue weighted by atomic mass is 32.2. The molecule has 1 amide bonds. The molecule has 72 valence electrons. The van der Waals surface area contributed by atoms with E-state index in [9.17, 15) is 4.79 Å². The monoisotopic (exact) mass is 199 g/mol. The molecule has 1 aliphatic rings. The third-order valence-corrected chi connectivity index (χ3v) is 3.00. The molecule has 0 aromatic rings. The summed E-state index contributed by atoms with van der Waals surface area (Å²) in [4.78, 5) is 13.2. The lowest BCUT2D eigenvalue weighted by Crippen LogP contribution is -2.38. The van der Waals surface area contributed by atoms with Gasteiger partial charge in [-0.25, -0.2) is 0 Å². The number of nitrogens with two attached hydrogens (primary N) is 1. The molecule has 1 fully saturated rings. The summed E-state index contributed by atoms with van der Waals surface area (Å²) in [6, 6.07) is -0.0488. The van der Waals surface area contributed by atoms with Crippen LogP contribution < -0.4 is 5.84 Å². The van der Waals surface area contributed by atoms with Gasteiger partial charge in [0.25, 0.3) is 0 Å². The summed E-state index contributed by atoms with van der Waals surface area (Å²) in [6.07, 6.45) is 1.70. The number of nitrogens with zero attached hydrogens (tertiary/aromatic N) is 2. The van der Waals surface area contributed by atoms with Gasteiger partial charge in [-0.15, -0.1) is 6.58 Å². The van der Waals surface area contributed by atoms with Gasteiger partial charge in [-0.3, -0.25) is 9.69 Å². The molecule has 0 radical (unpaired) electrons. The summed E-state index contributed by atoms with van der Waals surface area (Å²) in [5, 5.41) is 4.06. The van der Waals surface area contributed by atoms with E-state index >= 15 is 0 Å². The van der Waals surface area contributed by atoms with E-state index in [2.05, 4.69) is 11.7 Å². The fourth-order valence-electron chi connectivity index (χ4n) is 1.13. The number of carbonyl (C=O) groups is 1. The van der Waals surface area contributed by atoms with Crippen molar-refractivity contribution in [3.05, 3.63) is 12.7 Å². The van der Waals surface area contributed by atoms with Gasteiger partial charge >= 0.3 is 0 Å². The third-order valence-electron chi connectivity index (χ3n) is 1.93. The molecule has 0 aliphatic carbocycles. The van der Waals surface area contributed by atoms with E-state index in [1.165, 1.54) is 11.8 Å². The highest BCUT2D eigenvalue weighted by Gasteiger charge is 2.36. The average Bonchev–Trinajstić information content (AvgIpc) is 2.42. The molecule has 2 N–H and O–H groups in total. The summed E-state index contributed by atoms with van der Waals surface area (Å²) in [5.74, 6) is 5.22. The summed E-state index contributed by atoms with van der Waals surface area (Å²) in [6.45, 7) is 7.36. The Morgan fingerprint density at radius 2 is 2.46 bits per heavy atom. The van der Waals surface area contributed by atoms with Crippen molar-refractivity contribution in [3.63, 3.8) is 0 Å². The van der Waals surface area contributed by atoms with Crippen molar-refractivity contribution in [2.45, 2.75) is 25.1 Å². The van der Waals surface area contributed by atoms with E-state index in [-0.39, 0.29) is 17.2 Å². The Hall–Kier alpha value is -0.970. The minimum absolute atomic E-state index is 0.0431. The second-order valence-corrected chi connectivity index (χ2v) is 4.16. The van der Waals surface area contributed by atoms with Crippen molar-refractivity contribution in [2.24, 2.45) is 10.9 Å². The second kappa shape index (κ2) is 3.83. The Balaban J connectivity index is 2.92. The second-order valence-electron chi connectivity index (χ2n) is 2.86. The smallest absolute Gasteiger partial charge is 0.242 e. The maximum Gasteiger partial charge on any atom is 0.242 e. The average molecular weight is 199 g/mol. The summed E-state index contributed by atoms with van der Waals surface area (Å²) < 4.78 is 0. The van der Waals surface area contributed by atoms with E-state index in [1.54, 1.807) is 11.0 Å². The number of hydrogen-bond donors (Lipinski definition) is 1. The minimum Gasteiger partial charge on any atom is -0.321 e. The van der Waals surface area contributed by atoms with Crippen LogP contribution in [0.15, 0.2) is 17.8 Å². The van der Waals surface area contributed by atoms with Crippen LogP contribution in [0.5, 0.6) is 0 Å². The van der Waals surface area contributed by atoms with E-state index in [1.807, 2.05) is 13.8 Å². The van der Waals surface area contributed by atoms with E-state index in [0.29, 0.717) is 5.17 Å². The van der Waals surface area contributed by atoms with Crippen LogP contribution in [0.3, 0.4) is 0 Å². The maximum absolute atomic E-state index is 11.6. The van der Waals surface area contributed by atoms with Crippen LogP contribution in [-0.4, -0.2) is 27.3 Å². The van der Waals surface area contributed by atoms with Crippen LogP contribution in [0.25, 0.3) is 0 Å². The van der Waals surface area contributed by atoms with Crippen LogP contribution in [0.2, 0.25) is 0 Å². The molecule has 0 saturated carbocycles. The van der Waals surface area contributed by atoms with E-state index in [0.717, 1.165) is 0 Å². The summed E-state index contributed by atoms with van der Waals surface area (Å²) in [5.41, 5.74) is 0. The molecule has 4 nitrogen and oxygen atoms in total. The lowest BCUT2D eigenvalue weighted by molar-refractivity contribution is -0.126. The van der Waals surface area contributed by atoms with Crippen LogP contribution in [0.1, 0.15) is 13.8 Å². The van der Waals surface area contributed by atoms with Gasteiger partial charge in [0.2, 0.25) is 5.91 Å². The zero-order chi connectivity index (χ0) is 10.0. The number of thioether (sulfide) groups is 1. The molecule has 0 spiro atoms. The molecule has 0 aromatic heterocycles. The fourth-order valence-corrected chi connectivity index (χ4v) is 2.09. The molecular formula is C8H13N3OS.